The van der Waals surface area contributed by atoms with E-state index in [0.29, 0.717) is 6.61 Å². The topological polar surface area (TPSA) is 55.2 Å². The standard InChI is InChI=1S/C19H24N2O4/c1-20(2)19(22)14-25-16-7-4-3-6-15(16)12-21-9-11-24-18(13-21)17-8-5-10-23-17/h3-8,10,18H,9,11-14H2,1-2H3/t18-/m1/s1. The molecule has 2 aromatic rings. The molecule has 1 aliphatic heterocycles. The molecule has 3 rings (SSSR count). The number of hydrogen-bond acceptors (Lipinski definition) is 5. The van der Waals surface area contributed by atoms with Gasteiger partial charge in [-0.05, 0) is 18.2 Å². The molecular weight excluding hydrogens is 320 g/mol. The van der Waals surface area contributed by atoms with E-state index < -0.39 is 0 Å². The molecule has 1 aromatic heterocycles. The number of ether oxygens (including phenoxy) is 2. The highest BCUT2D eigenvalue weighted by molar-refractivity contribution is 5.77. The molecular formula is C19H24N2O4. The largest absolute Gasteiger partial charge is 0.483 e. The van der Waals surface area contributed by atoms with Crippen LogP contribution in [0.4, 0.5) is 0 Å². The van der Waals surface area contributed by atoms with Crippen LogP contribution in [-0.2, 0) is 16.1 Å². The molecule has 6 heteroatoms. The second kappa shape index (κ2) is 8.18. The van der Waals surface area contributed by atoms with Crippen molar-refractivity contribution in [1.29, 1.82) is 0 Å². The van der Waals surface area contributed by atoms with Gasteiger partial charge in [-0.3, -0.25) is 9.69 Å². The summed E-state index contributed by atoms with van der Waals surface area (Å²) < 4.78 is 17.0. The van der Waals surface area contributed by atoms with Crippen molar-refractivity contribution in [2.45, 2.75) is 12.6 Å². The molecule has 25 heavy (non-hydrogen) atoms. The molecule has 1 aromatic carbocycles. The van der Waals surface area contributed by atoms with E-state index in [1.54, 1.807) is 20.4 Å². The first-order chi connectivity index (χ1) is 12.1. The van der Waals surface area contributed by atoms with Gasteiger partial charge >= 0.3 is 0 Å². The number of amides is 1. The van der Waals surface area contributed by atoms with Gasteiger partial charge in [-0.2, -0.15) is 0 Å². The van der Waals surface area contributed by atoms with Gasteiger partial charge in [0, 0.05) is 39.3 Å². The molecule has 1 atom stereocenters. The number of furan rings is 1. The first-order valence-electron chi connectivity index (χ1n) is 8.41. The van der Waals surface area contributed by atoms with Crippen LogP contribution in [0.15, 0.2) is 47.1 Å². The van der Waals surface area contributed by atoms with Crippen LogP contribution in [0.25, 0.3) is 0 Å². The van der Waals surface area contributed by atoms with Gasteiger partial charge in [-0.25, -0.2) is 0 Å². The predicted octanol–water partition coefficient (Wildman–Crippen LogP) is 2.32. The molecule has 0 unspecified atom stereocenters. The highest BCUT2D eigenvalue weighted by Crippen LogP contribution is 2.26. The van der Waals surface area contributed by atoms with Crippen molar-refractivity contribution in [3.05, 3.63) is 54.0 Å². The van der Waals surface area contributed by atoms with Gasteiger partial charge in [0.1, 0.15) is 17.6 Å². The van der Waals surface area contributed by atoms with Gasteiger partial charge in [-0.1, -0.05) is 18.2 Å². The zero-order valence-electron chi connectivity index (χ0n) is 14.7. The molecule has 1 aliphatic rings. The second-order valence-electron chi connectivity index (χ2n) is 6.29. The molecule has 0 aliphatic carbocycles. The SMILES string of the molecule is CN(C)C(=O)COc1ccccc1CN1CCO[C@@H](c2ccco2)C1. The van der Waals surface area contributed by atoms with Crippen molar-refractivity contribution in [3.8, 4) is 5.75 Å². The van der Waals surface area contributed by atoms with Gasteiger partial charge < -0.3 is 18.8 Å². The van der Waals surface area contributed by atoms with Crippen LogP contribution >= 0.6 is 0 Å². The van der Waals surface area contributed by atoms with Crippen molar-refractivity contribution < 1.29 is 18.7 Å². The van der Waals surface area contributed by atoms with Crippen LogP contribution in [0.2, 0.25) is 0 Å². The number of carbonyl (C=O) groups excluding carboxylic acids is 1. The molecule has 0 bridgehead atoms. The van der Waals surface area contributed by atoms with Crippen molar-refractivity contribution in [2.75, 3.05) is 40.4 Å². The Kier molecular flexibility index (Phi) is 5.73. The lowest BCUT2D eigenvalue weighted by Crippen LogP contribution is -2.37. The molecule has 0 N–H and O–H groups in total. The molecule has 2 heterocycles. The Bertz CT molecular complexity index is 684. The maximum Gasteiger partial charge on any atom is 0.259 e. The summed E-state index contributed by atoms with van der Waals surface area (Å²) in [5.41, 5.74) is 1.06. The van der Waals surface area contributed by atoms with E-state index in [4.69, 9.17) is 13.9 Å². The van der Waals surface area contributed by atoms with Crippen LogP contribution in [-0.4, -0.2) is 56.1 Å². The summed E-state index contributed by atoms with van der Waals surface area (Å²) in [6.45, 7) is 3.06. The van der Waals surface area contributed by atoms with Crippen molar-refractivity contribution in [3.63, 3.8) is 0 Å². The number of morpholine rings is 1. The molecule has 1 saturated heterocycles. The molecule has 0 radical (unpaired) electrons. The minimum Gasteiger partial charge on any atom is -0.483 e. The van der Waals surface area contributed by atoms with Crippen LogP contribution < -0.4 is 4.74 Å². The van der Waals surface area contributed by atoms with E-state index in [-0.39, 0.29) is 18.6 Å². The summed E-state index contributed by atoms with van der Waals surface area (Å²) >= 11 is 0. The summed E-state index contributed by atoms with van der Waals surface area (Å²) in [4.78, 5) is 15.6. The predicted molar refractivity (Wildman–Crippen MR) is 93.3 cm³/mol. The maximum absolute atomic E-state index is 11.8. The lowest BCUT2D eigenvalue weighted by molar-refractivity contribution is -0.130. The Hall–Kier alpha value is -2.31. The molecule has 1 fully saturated rings. The van der Waals surface area contributed by atoms with E-state index in [1.807, 2.05) is 36.4 Å². The Labute approximate surface area is 147 Å². The van der Waals surface area contributed by atoms with Gasteiger partial charge in [0.15, 0.2) is 6.61 Å². The normalized spacial score (nSPS) is 18.1. The molecule has 0 saturated carbocycles. The Morgan fingerprint density at radius 3 is 2.88 bits per heavy atom. The average Bonchev–Trinajstić information content (AvgIpc) is 3.15. The number of hydrogen-bond donors (Lipinski definition) is 0. The summed E-state index contributed by atoms with van der Waals surface area (Å²) in [6, 6.07) is 11.7. The first-order valence-corrected chi connectivity index (χ1v) is 8.41. The number of carbonyl (C=O) groups is 1. The maximum atomic E-state index is 11.8. The number of nitrogens with zero attached hydrogens (tertiary/aromatic N) is 2. The van der Waals surface area contributed by atoms with Gasteiger partial charge in [-0.15, -0.1) is 0 Å². The van der Waals surface area contributed by atoms with Gasteiger partial charge in [0.05, 0.1) is 12.9 Å². The Morgan fingerprint density at radius 1 is 1.28 bits per heavy atom. The lowest BCUT2D eigenvalue weighted by Gasteiger charge is -2.32. The highest BCUT2D eigenvalue weighted by Gasteiger charge is 2.24. The zero-order chi connectivity index (χ0) is 17.6. The Balaban J connectivity index is 1.63. The first kappa shape index (κ1) is 17.5. The third-order valence-corrected chi connectivity index (χ3v) is 4.23. The number of rotatable bonds is 6. The molecule has 1 amide bonds. The second-order valence-corrected chi connectivity index (χ2v) is 6.29. The monoisotopic (exact) mass is 344 g/mol. The van der Waals surface area contributed by atoms with Crippen molar-refractivity contribution in [2.24, 2.45) is 0 Å². The third kappa shape index (κ3) is 4.61. The smallest absolute Gasteiger partial charge is 0.259 e. The number of benzene rings is 1. The lowest BCUT2D eigenvalue weighted by atomic mass is 10.1. The fraction of sp³-hybridized carbons (Fsp3) is 0.421. The fourth-order valence-electron chi connectivity index (χ4n) is 2.78. The van der Waals surface area contributed by atoms with Gasteiger partial charge in [0.2, 0.25) is 0 Å². The van der Waals surface area contributed by atoms with E-state index in [1.165, 1.54) is 4.90 Å². The van der Waals surface area contributed by atoms with E-state index in [0.717, 1.165) is 36.7 Å². The van der Waals surface area contributed by atoms with Crippen LogP contribution in [0.5, 0.6) is 5.75 Å². The third-order valence-electron chi connectivity index (χ3n) is 4.23. The number of para-hydroxylation sites is 1. The van der Waals surface area contributed by atoms with E-state index >= 15 is 0 Å². The van der Waals surface area contributed by atoms with Crippen LogP contribution in [0, 0.1) is 0 Å². The average molecular weight is 344 g/mol. The van der Waals surface area contributed by atoms with Crippen molar-refractivity contribution in [1.82, 2.24) is 9.80 Å². The Morgan fingerprint density at radius 2 is 2.12 bits per heavy atom. The summed E-state index contributed by atoms with van der Waals surface area (Å²) in [5.74, 6) is 1.55. The summed E-state index contributed by atoms with van der Waals surface area (Å²) in [5, 5.41) is 0. The summed E-state index contributed by atoms with van der Waals surface area (Å²) in [7, 11) is 3.44. The number of likely N-dealkylation sites (N-methyl/N-ethyl adjacent to an activating group) is 1. The van der Waals surface area contributed by atoms with Crippen LogP contribution in [0.3, 0.4) is 0 Å². The van der Waals surface area contributed by atoms with Crippen molar-refractivity contribution >= 4 is 5.91 Å². The zero-order valence-corrected chi connectivity index (χ0v) is 14.7. The summed E-state index contributed by atoms with van der Waals surface area (Å²) in [6.07, 6.45) is 1.62. The highest BCUT2D eigenvalue weighted by atomic mass is 16.5. The molecule has 6 nitrogen and oxygen atoms in total. The quantitative estimate of drug-likeness (QED) is 0.805. The van der Waals surface area contributed by atoms with Crippen LogP contribution in [0.1, 0.15) is 17.4 Å². The van der Waals surface area contributed by atoms with E-state index in [9.17, 15) is 4.79 Å². The molecule has 0 spiro atoms. The minimum atomic E-state index is -0.0564. The molecule has 134 valence electrons. The van der Waals surface area contributed by atoms with E-state index in [2.05, 4.69) is 4.90 Å². The van der Waals surface area contributed by atoms with Gasteiger partial charge in [0.25, 0.3) is 5.91 Å². The minimum absolute atomic E-state index is 0.0438. The fourth-order valence-corrected chi connectivity index (χ4v) is 2.78.